The third kappa shape index (κ3) is 4.01. The first kappa shape index (κ1) is 19.2. The van der Waals surface area contributed by atoms with Crippen molar-refractivity contribution in [2.24, 2.45) is 0 Å². The van der Waals surface area contributed by atoms with E-state index in [-0.39, 0.29) is 30.9 Å². The van der Waals surface area contributed by atoms with Crippen LogP contribution in [0.1, 0.15) is 58.4 Å². The van der Waals surface area contributed by atoms with Crippen LogP contribution in [0, 0.1) is 0 Å². The minimum Gasteiger partial charge on any atom is -0.346 e. The zero-order chi connectivity index (χ0) is 20.4. The van der Waals surface area contributed by atoms with Crippen LogP contribution in [0.4, 0.5) is 4.79 Å². The van der Waals surface area contributed by atoms with E-state index in [9.17, 15) is 14.4 Å². The Morgan fingerprint density at radius 1 is 1.10 bits per heavy atom. The number of rotatable bonds is 5. The third-order valence-electron chi connectivity index (χ3n) is 5.75. The number of imide groups is 1. The quantitative estimate of drug-likeness (QED) is 0.769. The highest BCUT2D eigenvalue weighted by Gasteiger charge is 2.29. The molecule has 0 bridgehead atoms. The summed E-state index contributed by atoms with van der Waals surface area (Å²) >= 11 is 0. The second kappa shape index (κ2) is 8.07. The molecule has 6 heteroatoms. The summed E-state index contributed by atoms with van der Waals surface area (Å²) in [6.45, 7) is 2.06. The number of carbonyl (C=O) groups is 3. The lowest BCUT2D eigenvalue weighted by Gasteiger charge is -2.21. The first-order chi connectivity index (χ1) is 14.0. The third-order valence-corrected chi connectivity index (χ3v) is 5.75. The minimum absolute atomic E-state index is 0.00254. The highest BCUT2D eigenvalue weighted by Crippen LogP contribution is 2.25. The maximum atomic E-state index is 13.0. The van der Waals surface area contributed by atoms with Gasteiger partial charge in [0.1, 0.15) is 0 Å². The Hall–Kier alpha value is -3.15. The Morgan fingerprint density at radius 2 is 1.86 bits per heavy atom. The highest BCUT2D eigenvalue weighted by molar-refractivity contribution is 6.02. The maximum absolute atomic E-state index is 13.0. The van der Waals surface area contributed by atoms with E-state index in [1.807, 2.05) is 6.92 Å². The summed E-state index contributed by atoms with van der Waals surface area (Å²) in [5.74, 6) is -0.495. The molecule has 2 aromatic rings. The van der Waals surface area contributed by atoms with Crippen molar-refractivity contribution in [2.45, 2.75) is 45.2 Å². The lowest BCUT2D eigenvalue weighted by molar-refractivity contribution is -0.125. The van der Waals surface area contributed by atoms with Crippen LogP contribution in [0.25, 0.3) is 0 Å². The molecule has 1 heterocycles. The van der Waals surface area contributed by atoms with Crippen LogP contribution in [0.3, 0.4) is 0 Å². The number of fused-ring (bicyclic) bond motifs is 1. The van der Waals surface area contributed by atoms with Crippen molar-refractivity contribution in [3.05, 3.63) is 70.3 Å². The molecule has 2 aliphatic rings. The van der Waals surface area contributed by atoms with Gasteiger partial charge in [-0.15, -0.1) is 0 Å². The van der Waals surface area contributed by atoms with Crippen molar-refractivity contribution in [3.8, 4) is 0 Å². The van der Waals surface area contributed by atoms with E-state index >= 15 is 0 Å². The SMILES string of the molecule is CC(NC(=O)c1ccccc1CN1C(=O)CNC1=O)c1ccc2c(c1)CCCC2. The second-order valence-electron chi connectivity index (χ2n) is 7.73. The summed E-state index contributed by atoms with van der Waals surface area (Å²) in [6.07, 6.45) is 4.69. The van der Waals surface area contributed by atoms with E-state index in [4.69, 9.17) is 0 Å². The van der Waals surface area contributed by atoms with Gasteiger partial charge in [-0.25, -0.2) is 4.79 Å². The number of nitrogens with one attached hydrogen (secondary N) is 2. The normalized spacial score (nSPS) is 16.9. The predicted octanol–water partition coefficient (Wildman–Crippen LogP) is 3.11. The number of urea groups is 1. The van der Waals surface area contributed by atoms with E-state index in [1.165, 1.54) is 24.0 Å². The molecule has 4 amide bonds. The van der Waals surface area contributed by atoms with Crippen molar-refractivity contribution in [1.29, 1.82) is 0 Å². The zero-order valence-corrected chi connectivity index (χ0v) is 16.5. The largest absolute Gasteiger partial charge is 0.346 e. The Morgan fingerprint density at radius 3 is 2.62 bits per heavy atom. The van der Waals surface area contributed by atoms with Crippen LogP contribution in [-0.2, 0) is 24.2 Å². The Labute approximate surface area is 170 Å². The van der Waals surface area contributed by atoms with Crippen molar-refractivity contribution in [2.75, 3.05) is 6.54 Å². The molecule has 1 fully saturated rings. The van der Waals surface area contributed by atoms with Gasteiger partial charge in [-0.05, 0) is 60.9 Å². The number of hydrogen-bond donors (Lipinski definition) is 2. The molecule has 0 saturated carbocycles. The van der Waals surface area contributed by atoms with E-state index < -0.39 is 6.03 Å². The fourth-order valence-corrected chi connectivity index (χ4v) is 4.05. The number of amides is 4. The van der Waals surface area contributed by atoms with Crippen molar-refractivity contribution >= 4 is 17.8 Å². The van der Waals surface area contributed by atoms with Gasteiger partial charge < -0.3 is 10.6 Å². The lowest BCUT2D eigenvalue weighted by atomic mass is 9.89. The average molecular weight is 391 g/mol. The number of hydrogen-bond acceptors (Lipinski definition) is 3. The van der Waals surface area contributed by atoms with Gasteiger partial charge >= 0.3 is 6.03 Å². The number of carbonyl (C=O) groups excluding carboxylic acids is 3. The number of nitrogens with zero attached hydrogens (tertiary/aromatic N) is 1. The molecule has 0 radical (unpaired) electrons. The molecule has 150 valence electrons. The van der Waals surface area contributed by atoms with E-state index in [0.29, 0.717) is 11.1 Å². The summed E-state index contributed by atoms with van der Waals surface area (Å²) in [5.41, 5.74) is 5.01. The van der Waals surface area contributed by atoms with Crippen LogP contribution < -0.4 is 10.6 Å². The van der Waals surface area contributed by atoms with Crippen LogP contribution in [0.5, 0.6) is 0 Å². The molecule has 1 aliphatic carbocycles. The van der Waals surface area contributed by atoms with Crippen molar-refractivity contribution in [1.82, 2.24) is 15.5 Å². The number of benzene rings is 2. The standard InChI is InChI=1S/C23H25N3O3/c1-15(17-11-10-16-6-2-3-7-18(16)12-17)25-22(28)20-9-5-4-8-19(20)14-26-21(27)13-24-23(26)29/h4-5,8-12,15H,2-3,6-7,13-14H2,1H3,(H,24,29)(H,25,28). The van der Waals surface area contributed by atoms with Gasteiger partial charge in [-0.3, -0.25) is 14.5 Å². The molecule has 29 heavy (non-hydrogen) atoms. The molecule has 0 spiro atoms. The summed E-state index contributed by atoms with van der Waals surface area (Å²) in [7, 11) is 0. The van der Waals surface area contributed by atoms with Gasteiger partial charge in [0, 0.05) is 5.56 Å². The molecule has 4 rings (SSSR count). The van der Waals surface area contributed by atoms with E-state index in [0.717, 1.165) is 23.3 Å². The Kier molecular flexibility index (Phi) is 5.34. The minimum atomic E-state index is -0.423. The van der Waals surface area contributed by atoms with Crippen LogP contribution in [-0.4, -0.2) is 29.3 Å². The van der Waals surface area contributed by atoms with Crippen molar-refractivity contribution < 1.29 is 14.4 Å². The highest BCUT2D eigenvalue weighted by atomic mass is 16.2. The lowest BCUT2D eigenvalue weighted by Crippen LogP contribution is -2.32. The first-order valence-electron chi connectivity index (χ1n) is 10.1. The monoisotopic (exact) mass is 391 g/mol. The summed E-state index contributed by atoms with van der Waals surface area (Å²) in [6, 6.07) is 13.0. The predicted molar refractivity (Wildman–Crippen MR) is 109 cm³/mol. The molecular formula is C23H25N3O3. The molecule has 2 N–H and O–H groups in total. The molecule has 1 aliphatic heterocycles. The molecule has 1 unspecified atom stereocenters. The van der Waals surface area contributed by atoms with Gasteiger partial charge in [-0.1, -0.05) is 36.4 Å². The van der Waals surface area contributed by atoms with Crippen molar-refractivity contribution in [3.63, 3.8) is 0 Å². The van der Waals surface area contributed by atoms with Gasteiger partial charge in [0.2, 0.25) is 5.91 Å². The van der Waals surface area contributed by atoms with Crippen LogP contribution in [0.15, 0.2) is 42.5 Å². The summed E-state index contributed by atoms with van der Waals surface area (Å²) < 4.78 is 0. The first-order valence-corrected chi connectivity index (χ1v) is 10.1. The Balaban J connectivity index is 1.50. The van der Waals surface area contributed by atoms with E-state index in [2.05, 4.69) is 28.8 Å². The zero-order valence-electron chi connectivity index (χ0n) is 16.5. The summed E-state index contributed by atoms with van der Waals surface area (Å²) in [4.78, 5) is 37.8. The maximum Gasteiger partial charge on any atom is 0.324 e. The molecule has 1 atom stereocenters. The fourth-order valence-electron chi connectivity index (χ4n) is 4.05. The van der Waals surface area contributed by atoms with Gasteiger partial charge in [0.15, 0.2) is 0 Å². The Bertz CT molecular complexity index is 954. The summed E-state index contributed by atoms with van der Waals surface area (Å²) in [5, 5.41) is 5.57. The fraction of sp³-hybridized carbons (Fsp3) is 0.348. The molecule has 0 aromatic heterocycles. The van der Waals surface area contributed by atoms with Gasteiger partial charge in [0.05, 0.1) is 19.1 Å². The molecule has 6 nitrogen and oxygen atoms in total. The average Bonchev–Trinajstić information content (AvgIpc) is 3.05. The molecule has 2 aromatic carbocycles. The topological polar surface area (TPSA) is 78.5 Å². The van der Waals surface area contributed by atoms with Gasteiger partial charge in [0.25, 0.3) is 5.91 Å². The van der Waals surface area contributed by atoms with E-state index in [1.54, 1.807) is 24.3 Å². The molecular weight excluding hydrogens is 366 g/mol. The van der Waals surface area contributed by atoms with Gasteiger partial charge in [-0.2, -0.15) is 0 Å². The number of aryl methyl sites for hydroxylation is 2. The second-order valence-corrected chi connectivity index (χ2v) is 7.73. The van der Waals surface area contributed by atoms with Crippen LogP contribution >= 0.6 is 0 Å². The molecule has 1 saturated heterocycles. The smallest absolute Gasteiger partial charge is 0.324 e. The van der Waals surface area contributed by atoms with Crippen LogP contribution in [0.2, 0.25) is 0 Å².